The summed E-state index contributed by atoms with van der Waals surface area (Å²) in [7, 11) is 0. The van der Waals surface area contributed by atoms with Crippen LogP contribution in [0.4, 0.5) is 0 Å². The van der Waals surface area contributed by atoms with E-state index in [1.165, 1.54) is 16.7 Å². The fraction of sp³-hybridized carbons (Fsp3) is 0.278. The van der Waals surface area contributed by atoms with Crippen molar-refractivity contribution in [1.29, 1.82) is 0 Å². The second kappa shape index (κ2) is 7.61. The van der Waals surface area contributed by atoms with Crippen LogP contribution < -0.4 is 0 Å². The molecule has 0 unspecified atom stereocenters. The quantitative estimate of drug-likeness (QED) is 0.843. The first-order valence-corrected chi connectivity index (χ1v) is 6.68. The molecule has 0 heterocycles. The highest BCUT2D eigenvalue weighted by Crippen LogP contribution is 2.07. The molecule has 0 aliphatic heterocycles. The Morgan fingerprint density at radius 2 is 1.40 bits per heavy atom. The summed E-state index contributed by atoms with van der Waals surface area (Å²) < 4.78 is 0. The number of Topliss-reactive ketones (excluding diaryl/α,β-unsaturated/α-hetero) is 1. The predicted octanol–water partition coefficient (Wildman–Crippen LogP) is 3.78. The number of aliphatic hydroxyl groups is 1. The summed E-state index contributed by atoms with van der Waals surface area (Å²) in [4.78, 5) is 10.9. The van der Waals surface area contributed by atoms with Crippen LogP contribution in [0.5, 0.6) is 0 Å². The van der Waals surface area contributed by atoms with E-state index in [0.29, 0.717) is 5.56 Å². The number of aliphatic hydroxyl groups excluding tert-OH is 1. The SMILES string of the molecule is Cc1ccc(C(=O)CO)cc1.Cc1ccc(C)c(C)c1. The third-order valence-electron chi connectivity index (χ3n) is 3.18. The topological polar surface area (TPSA) is 37.3 Å². The van der Waals surface area contributed by atoms with Crippen molar-refractivity contribution in [1.82, 2.24) is 0 Å². The summed E-state index contributed by atoms with van der Waals surface area (Å²) in [6.07, 6.45) is 0. The number of hydrogen-bond acceptors (Lipinski definition) is 2. The van der Waals surface area contributed by atoms with Gasteiger partial charge in [0, 0.05) is 5.56 Å². The summed E-state index contributed by atoms with van der Waals surface area (Å²) in [6.45, 7) is 7.93. The highest BCUT2D eigenvalue weighted by Gasteiger charge is 2.01. The Kier molecular flexibility index (Phi) is 6.13. The van der Waals surface area contributed by atoms with Crippen LogP contribution in [-0.2, 0) is 0 Å². The summed E-state index contributed by atoms with van der Waals surface area (Å²) >= 11 is 0. The van der Waals surface area contributed by atoms with Crippen LogP contribution in [0, 0.1) is 27.7 Å². The molecule has 0 aromatic heterocycles. The fourth-order valence-corrected chi connectivity index (χ4v) is 1.72. The Labute approximate surface area is 121 Å². The van der Waals surface area contributed by atoms with Crippen LogP contribution in [0.1, 0.15) is 32.6 Å². The van der Waals surface area contributed by atoms with Gasteiger partial charge in [-0.1, -0.05) is 53.6 Å². The molecule has 0 atom stereocenters. The second-order valence-electron chi connectivity index (χ2n) is 5.04. The van der Waals surface area contributed by atoms with Crippen molar-refractivity contribution >= 4 is 5.78 Å². The Balaban J connectivity index is 0.000000204. The van der Waals surface area contributed by atoms with Crippen molar-refractivity contribution in [2.75, 3.05) is 6.61 Å². The van der Waals surface area contributed by atoms with Gasteiger partial charge in [0.2, 0.25) is 0 Å². The highest BCUT2D eigenvalue weighted by molar-refractivity contribution is 5.96. The van der Waals surface area contributed by atoms with Crippen molar-refractivity contribution in [3.63, 3.8) is 0 Å². The first kappa shape index (κ1) is 16.1. The molecule has 0 spiro atoms. The molecule has 0 aliphatic rings. The summed E-state index contributed by atoms with van der Waals surface area (Å²) in [6, 6.07) is 13.6. The monoisotopic (exact) mass is 270 g/mol. The zero-order chi connectivity index (χ0) is 15.1. The van der Waals surface area contributed by atoms with Crippen LogP contribution in [0.25, 0.3) is 0 Å². The first-order valence-electron chi connectivity index (χ1n) is 6.68. The van der Waals surface area contributed by atoms with E-state index in [-0.39, 0.29) is 5.78 Å². The number of aryl methyl sites for hydroxylation is 4. The van der Waals surface area contributed by atoms with Gasteiger partial charge in [-0.2, -0.15) is 0 Å². The molecule has 0 fully saturated rings. The Morgan fingerprint density at radius 3 is 1.85 bits per heavy atom. The van der Waals surface area contributed by atoms with Gasteiger partial charge in [0.15, 0.2) is 5.78 Å². The van der Waals surface area contributed by atoms with Crippen molar-refractivity contribution in [3.8, 4) is 0 Å². The van der Waals surface area contributed by atoms with Crippen LogP contribution >= 0.6 is 0 Å². The van der Waals surface area contributed by atoms with Crippen molar-refractivity contribution in [3.05, 3.63) is 70.3 Å². The Bertz CT molecular complexity index is 568. The van der Waals surface area contributed by atoms with Crippen LogP contribution in [0.15, 0.2) is 42.5 Å². The molecule has 0 saturated carbocycles. The van der Waals surface area contributed by atoms with Gasteiger partial charge in [-0.15, -0.1) is 0 Å². The molecule has 2 heteroatoms. The van der Waals surface area contributed by atoms with Gasteiger partial charge >= 0.3 is 0 Å². The van der Waals surface area contributed by atoms with Crippen molar-refractivity contribution in [2.24, 2.45) is 0 Å². The molecule has 2 aromatic carbocycles. The maximum Gasteiger partial charge on any atom is 0.188 e. The summed E-state index contributed by atoms with van der Waals surface area (Å²) in [5.41, 5.74) is 5.78. The number of ketones is 1. The molecule has 0 amide bonds. The van der Waals surface area contributed by atoms with E-state index < -0.39 is 6.61 Å². The van der Waals surface area contributed by atoms with Crippen molar-refractivity contribution < 1.29 is 9.90 Å². The van der Waals surface area contributed by atoms with E-state index in [1.807, 2.05) is 19.1 Å². The van der Waals surface area contributed by atoms with Gasteiger partial charge in [-0.05, 0) is 38.8 Å². The zero-order valence-electron chi connectivity index (χ0n) is 12.6. The van der Waals surface area contributed by atoms with Gasteiger partial charge in [0.25, 0.3) is 0 Å². The minimum absolute atomic E-state index is 0.231. The first-order chi connectivity index (χ1) is 9.43. The lowest BCUT2D eigenvalue weighted by Crippen LogP contribution is -2.03. The minimum atomic E-state index is -0.414. The molecule has 2 aromatic rings. The number of benzene rings is 2. The van der Waals surface area contributed by atoms with Crippen molar-refractivity contribution in [2.45, 2.75) is 27.7 Å². The lowest BCUT2D eigenvalue weighted by molar-refractivity contribution is 0.0904. The molecule has 2 rings (SSSR count). The minimum Gasteiger partial charge on any atom is -0.388 e. The molecule has 106 valence electrons. The fourth-order valence-electron chi connectivity index (χ4n) is 1.72. The van der Waals surface area contributed by atoms with Crippen LogP contribution in [-0.4, -0.2) is 17.5 Å². The molecule has 0 bridgehead atoms. The number of hydrogen-bond donors (Lipinski definition) is 1. The summed E-state index contributed by atoms with van der Waals surface area (Å²) in [5, 5.41) is 8.51. The smallest absolute Gasteiger partial charge is 0.188 e. The van der Waals surface area contributed by atoms with E-state index >= 15 is 0 Å². The molecule has 1 N–H and O–H groups in total. The van der Waals surface area contributed by atoms with E-state index in [1.54, 1.807) is 12.1 Å². The largest absolute Gasteiger partial charge is 0.388 e. The summed E-state index contributed by atoms with van der Waals surface area (Å²) in [5.74, 6) is -0.231. The molecular weight excluding hydrogens is 248 g/mol. The maximum atomic E-state index is 10.9. The van der Waals surface area contributed by atoms with E-state index in [2.05, 4.69) is 39.0 Å². The third-order valence-corrected chi connectivity index (χ3v) is 3.18. The standard InChI is InChI=1S/C9H10O2.C9H12/c1-7-2-4-8(5-3-7)9(11)6-10;1-7-4-5-8(2)9(3)6-7/h2-5,10H,6H2,1H3;4-6H,1-3H3. The predicted molar refractivity (Wildman–Crippen MR) is 83.2 cm³/mol. The van der Waals surface area contributed by atoms with Gasteiger partial charge in [-0.25, -0.2) is 0 Å². The van der Waals surface area contributed by atoms with Gasteiger partial charge < -0.3 is 5.11 Å². The lowest BCUT2D eigenvalue weighted by atomic mass is 10.1. The molecule has 0 radical (unpaired) electrons. The van der Waals surface area contributed by atoms with Gasteiger partial charge in [0.05, 0.1) is 0 Å². The Morgan fingerprint density at radius 1 is 0.850 bits per heavy atom. The maximum absolute atomic E-state index is 10.9. The Hall–Kier alpha value is -1.93. The number of carbonyl (C=O) groups excluding carboxylic acids is 1. The molecule has 20 heavy (non-hydrogen) atoms. The van der Waals surface area contributed by atoms with Crippen LogP contribution in [0.2, 0.25) is 0 Å². The average Bonchev–Trinajstić information content (AvgIpc) is 2.44. The van der Waals surface area contributed by atoms with Gasteiger partial charge in [0.1, 0.15) is 6.61 Å². The molecular formula is C18H22O2. The second-order valence-corrected chi connectivity index (χ2v) is 5.04. The number of rotatable bonds is 2. The van der Waals surface area contributed by atoms with Gasteiger partial charge in [-0.3, -0.25) is 4.79 Å². The van der Waals surface area contributed by atoms with E-state index in [0.717, 1.165) is 5.56 Å². The lowest BCUT2D eigenvalue weighted by Gasteiger charge is -1.98. The van der Waals surface area contributed by atoms with E-state index in [9.17, 15) is 4.79 Å². The molecule has 0 saturated heterocycles. The molecule has 0 aliphatic carbocycles. The average molecular weight is 270 g/mol. The third kappa shape index (κ3) is 4.98. The zero-order valence-corrected chi connectivity index (χ0v) is 12.6. The highest BCUT2D eigenvalue weighted by atomic mass is 16.3. The number of carbonyl (C=O) groups is 1. The molecule has 2 nitrogen and oxygen atoms in total. The van der Waals surface area contributed by atoms with E-state index in [4.69, 9.17) is 5.11 Å². The normalized spacial score (nSPS) is 9.65. The van der Waals surface area contributed by atoms with Crippen LogP contribution in [0.3, 0.4) is 0 Å².